The highest BCUT2D eigenvalue weighted by molar-refractivity contribution is 9.10. The molecule has 0 saturated carbocycles. The molecular formula is C19H13Br2N3O3. The third-order valence-electron chi connectivity index (χ3n) is 3.31. The van der Waals surface area contributed by atoms with Crippen molar-refractivity contribution in [3.63, 3.8) is 0 Å². The van der Waals surface area contributed by atoms with Gasteiger partial charge in [-0.1, -0.05) is 15.9 Å². The van der Waals surface area contributed by atoms with E-state index in [9.17, 15) is 10.1 Å². The first-order chi connectivity index (χ1) is 13.0. The Kier molecular flexibility index (Phi) is 7.42. The number of anilines is 1. The van der Waals surface area contributed by atoms with E-state index in [-0.39, 0.29) is 12.2 Å². The molecule has 2 aromatic carbocycles. The van der Waals surface area contributed by atoms with Gasteiger partial charge >= 0.3 is 0 Å². The molecule has 136 valence electrons. The van der Waals surface area contributed by atoms with Gasteiger partial charge in [0.2, 0.25) is 0 Å². The van der Waals surface area contributed by atoms with Crippen molar-refractivity contribution in [3.8, 4) is 23.6 Å². The molecule has 0 aliphatic carbocycles. The van der Waals surface area contributed by atoms with E-state index >= 15 is 0 Å². The van der Waals surface area contributed by atoms with Crippen LogP contribution in [0.1, 0.15) is 5.56 Å². The molecule has 0 saturated heterocycles. The summed E-state index contributed by atoms with van der Waals surface area (Å²) in [6, 6.07) is 14.1. The largest absolute Gasteiger partial charge is 0.493 e. The second-order valence-electron chi connectivity index (χ2n) is 5.11. The van der Waals surface area contributed by atoms with E-state index in [2.05, 4.69) is 37.2 Å². The SMILES string of the molecule is COc1cc(/C=C(/C#N)C(=O)Nc2ccc(Br)cc2)cc(Br)c1OCC#N. The van der Waals surface area contributed by atoms with Gasteiger partial charge in [-0.05, 0) is 64.0 Å². The minimum absolute atomic E-state index is 0.0717. The first-order valence-electron chi connectivity index (χ1n) is 7.54. The number of hydrogen-bond donors (Lipinski definition) is 1. The average molecular weight is 491 g/mol. The molecule has 8 heteroatoms. The zero-order valence-electron chi connectivity index (χ0n) is 14.1. The number of methoxy groups -OCH3 is 1. The number of nitrogens with one attached hydrogen (secondary N) is 1. The van der Waals surface area contributed by atoms with Crippen LogP contribution in [0.15, 0.2) is 50.9 Å². The summed E-state index contributed by atoms with van der Waals surface area (Å²) >= 11 is 6.67. The van der Waals surface area contributed by atoms with Crippen LogP contribution in [0.3, 0.4) is 0 Å². The monoisotopic (exact) mass is 489 g/mol. The van der Waals surface area contributed by atoms with Crippen molar-refractivity contribution in [1.29, 1.82) is 10.5 Å². The number of nitriles is 2. The van der Waals surface area contributed by atoms with Crippen molar-refractivity contribution in [2.75, 3.05) is 19.0 Å². The summed E-state index contributed by atoms with van der Waals surface area (Å²) in [6.45, 7) is -0.136. The van der Waals surface area contributed by atoms with E-state index in [1.165, 1.54) is 13.2 Å². The Morgan fingerprint density at radius 1 is 1.22 bits per heavy atom. The van der Waals surface area contributed by atoms with Crippen molar-refractivity contribution in [1.82, 2.24) is 0 Å². The molecule has 0 fully saturated rings. The predicted octanol–water partition coefficient (Wildman–Crippen LogP) is 4.67. The van der Waals surface area contributed by atoms with Crippen molar-refractivity contribution < 1.29 is 14.3 Å². The van der Waals surface area contributed by atoms with Gasteiger partial charge in [0.1, 0.15) is 17.7 Å². The van der Waals surface area contributed by atoms with Gasteiger partial charge < -0.3 is 14.8 Å². The lowest BCUT2D eigenvalue weighted by Gasteiger charge is -2.11. The second-order valence-corrected chi connectivity index (χ2v) is 6.88. The summed E-state index contributed by atoms with van der Waals surface area (Å²) in [4.78, 5) is 12.4. The summed E-state index contributed by atoms with van der Waals surface area (Å²) in [5, 5.41) is 20.7. The number of ether oxygens (including phenoxy) is 2. The number of halogens is 2. The fraction of sp³-hybridized carbons (Fsp3) is 0.105. The van der Waals surface area contributed by atoms with Gasteiger partial charge in [-0.15, -0.1) is 0 Å². The van der Waals surface area contributed by atoms with Crippen molar-refractivity contribution in [2.24, 2.45) is 0 Å². The highest BCUT2D eigenvalue weighted by Gasteiger charge is 2.14. The molecule has 0 bridgehead atoms. The molecule has 0 heterocycles. The zero-order valence-corrected chi connectivity index (χ0v) is 17.3. The maximum Gasteiger partial charge on any atom is 0.266 e. The summed E-state index contributed by atoms with van der Waals surface area (Å²) in [5.41, 5.74) is 1.06. The molecule has 2 rings (SSSR count). The van der Waals surface area contributed by atoms with Crippen LogP contribution >= 0.6 is 31.9 Å². The summed E-state index contributed by atoms with van der Waals surface area (Å²) in [7, 11) is 1.46. The smallest absolute Gasteiger partial charge is 0.266 e. The molecule has 0 spiro atoms. The lowest BCUT2D eigenvalue weighted by molar-refractivity contribution is -0.112. The van der Waals surface area contributed by atoms with Gasteiger partial charge in [0.25, 0.3) is 5.91 Å². The van der Waals surface area contributed by atoms with Crippen LogP contribution in [0, 0.1) is 22.7 Å². The van der Waals surface area contributed by atoms with Gasteiger partial charge in [-0.25, -0.2) is 0 Å². The molecule has 1 N–H and O–H groups in total. The standard InChI is InChI=1S/C19H13Br2N3O3/c1-26-17-10-12(9-16(21)18(17)27-7-6-22)8-13(11-23)19(25)24-15-4-2-14(20)3-5-15/h2-5,8-10H,7H2,1H3,(H,24,25)/b13-8-. The number of benzene rings is 2. The van der Waals surface area contributed by atoms with E-state index in [1.54, 1.807) is 36.4 Å². The highest BCUT2D eigenvalue weighted by atomic mass is 79.9. The van der Waals surface area contributed by atoms with Gasteiger partial charge in [0.15, 0.2) is 18.1 Å². The van der Waals surface area contributed by atoms with E-state index in [0.717, 1.165) is 4.47 Å². The number of carbonyl (C=O) groups excluding carboxylic acids is 1. The Morgan fingerprint density at radius 3 is 2.52 bits per heavy atom. The molecule has 0 aliphatic heterocycles. The Hall–Kier alpha value is -2.81. The number of hydrogen-bond acceptors (Lipinski definition) is 5. The van der Waals surface area contributed by atoms with Gasteiger partial charge in [0, 0.05) is 10.2 Å². The normalized spacial score (nSPS) is 10.5. The second kappa shape index (κ2) is 9.77. The molecule has 0 aliphatic rings. The number of carbonyl (C=O) groups is 1. The third kappa shape index (κ3) is 5.58. The Bertz CT molecular complexity index is 958. The van der Waals surface area contributed by atoms with Gasteiger partial charge in [-0.2, -0.15) is 10.5 Å². The van der Waals surface area contributed by atoms with Gasteiger partial charge in [-0.3, -0.25) is 4.79 Å². The van der Waals surface area contributed by atoms with Crippen LogP contribution in [0.2, 0.25) is 0 Å². The molecule has 2 aromatic rings. The van der Waals surface area contributed by atoms with Crippen LogP contribution < -0.4 is 14.8 Å². The van der Waals surface area contributed by atoms with Crippen LogP contribution in [0.4, 0.5) is 5.69 Å². The first kappa shape index (κ1) is 20.5. The van der Waals surface area contributed by atoms with Crippen LogP contribution in [0.25, 0.3) is 6.08 Å². The Morgan fingerprint density at radius 2 is 1.93 bits per heavy atom. The third-order valence-corrected chi connectivity index (χ3v) is 4.43. The molecule has 1 amide bonds. The zero-order chi connectivity index (χ0) is 19.8. The maximum absolute atomic E-state index is 12.4. The minimum atomic E-state index is -0.528. The number of amides is 1. The summed E-state index contributed by atoms with van der Waals surface area (Å²) in [5.74, 6) is 0.213. The van der Waals surface area contributed by atoms with Crippen LogP contribution in [0.5, 0.6) is 11.5 Å². The van der Waals surface area contributed by atoms with Crippen LogP contribution in [-0.4, -0.2) is 19.6 Å². The Labute approximate surface area is 173 Å². The molecule has 6 nitrogen and oxygen atoms in total. The minimum Gasteiger partial charge on any atom is -0.493 e. The highest BCUT2D eigenvalue weighted by Crippen LogP contribution is 2.37. The number of nitrogens with zero attached hydrogens (tertiary/aromatic N) is 2. The lowest BCUT2D eigenvalue weighted by Crippen LogP contribution is -2.13. The summed E-state index contributed by atoms with van der Waals surface area (Å²) in [6.07, 6.45) is 1.44. The van der Waals surface area contributed by atoms with Crippen molar-refractivity contribution >= 4 is 49.5 Å². The lowest BCUT2D eigenvalue weighted by atomic mass is 10.1. The predicted molar refractivity (Wildman–Crippen MR) is 108 cm³/mol. The first-order valence-corrected chi connectivity index (χ1v) is 9.13. The quantitative estimate of drug-likeness (QED) is 0.469. The number of rotatable bonds is 6. The topological polar surface area (TPSA) is 95.1 Å². The molecule has 27 heavy (non-hydrogen) atoms. The fourth-order valence-electron chi connectivity index (χ4n) is 2.11. The molecule has 0 unspecified atom stereocenters. The Balaban J connectivity index is 2.29. The van der Waals surface area contributed by atoms with E-state index in [1.807, 2.05) is 12.1 Å². The maximum atomic E-state index is 12.4. The molecular weight excluding hydrogens is 478 g/mol. The van der Waals surface area contributed by atoms with Gasteiger partial charge in [0.05, 0.1) is 11.6 Å². The molecule has 0 atom stereocenters. The average Bonchev–Trinajstić information content (AvgIpc) is 2.66. The van der Waals surface area contributed by atoms with E-state index in [0.29, 0.717) is 27.2 Å². The van der Waals surface area contributed by atoms with E-state index in [4.69, 9.17) is 14.7 Å². The van der Waals surface area contributed by atoms with Crippen LogP contribution in [-0.2, 0) is 4.79 Å². The van der Waals surface area contributed by atoms with E-state index < -0.39 is 5.91 Å². The fourth-order valence-corrected chi connectivity index (χ4v) is 2.95. The molecule has 0 radical (unpaired) electrons. The summed E-state index contributed by atoms with van der Waals surface area (Å²) < 4.78 is 12.0. The van der Waals surface area contributed by atoms with Crippen molar-refractivity contribution in [3.05, 3.63) is 56.5 Å². The molecule has 0 aromatic heterocycles. The van der Waals surface area contributed by atoms with Crippen molar-refractivity contribution in [2.45, 2.75) is 0 Å².